The summed E-state index contributed by atoms with van der Waals surface area (Å²) in [5, 5.41) is 23.9. The van der Waals surface area contributed by atoms with E-state index in [4.69, 9.17) is 48.4 Å². The van der Waals surface area contributed by atoms with Crippen LogP contribution < -0.4 is 11.1 Å². The number of nitrogens with one attached hydrogen (secondary N) is 1. The number of aromatic nitrogens is 4. The lowest BCUT2D eigenvalue weighted by Gasteiger charge is -2.47. The minimum Gasteiger partial charge on any atom is -0.463 e. The van der Waals surface area contributed by atoms with Gasteiger partial charge in [-0.25, -0.2) is 15.0 Å². The zero-order chi connectivity index (χ0) is 44.9. The van der Waals surface area contributed by atoms with Crippen molar-refractivity contribution in [3.8, 4) is 0 Å². The number of esters is 3. The molecule has 4 heterocycles. The number of hydrogen-bond acceptors (Lipinski definition) is 20. The molecule has 0 aromatic carbocycles. The van der Waals surface area contributed by atoms with Crippen molar-refractivity contribution in [1.82, 2.24) is 29.5 Å². The van der Waals surface area contributed by atoms with Crippen LogP contribution in [0.15, 0.2) is 12.7 Å². The minimum absolute atomic E-state index is 0.0155. The summed E-state index contributed by atoms with van der Waals surface area (Å²) in [4.78, 5) is 60.8. The van der Waals surface area contributed by atoms with Gasteiger partial charge in [-0.05, 0) is 27.7 Å². The van der Waals surface area contributed by atoms with Crippen LogP contribution >= 0.6 is 8.07 Å². The van der Waals surface area contributed by atoms with E-state index in [0.29, 0.717) is 30.5 Å². The van der Waals surface area contributed by atoms with Crippen molar-refractivity contribution < 1.29 is 72.0 Å². The molecule has 22 nitrogen and oxygen atoms in total. The number of aliphatic hydroxyl groups is 2. The number of nitrogens with zero attached hydrogens (tertiary/aromatic N) is 5. The molecule has 5 N–H and O–H groups in total. The number of ether oxygens (including phenoxy) is 9. The van der Waals surface area contributed by atoms with Crippen molar-refractivity contribution >= 4 is 48.9 Å². The van der Waals surface area contributed by atoms with Crippen LogP contribution in [0.3, 0.4) is 0 Å². The zero-order valence-electron chi connectivity index (χ0n) is 36.1. The molecule has 0 saturated carbocycles. The molecule has 2 aromatic rings. The Labute approximate surface area is 356 Å². The van der Waals surface area contributed by atoms with Crippen molar-refractivity contribution in [2.75, 3.05) is 71.4 Å². The zero-order valence-corrected chi connectivity index (χ0v) is 37.0. The fourth-order valence-electron chi connectivity index (χ4n) is 7.46. The summed E-state index contributed by atoms with van der Waals surface area (Å²) in [5.41, 5.74) is 5.90. The van der Waals surface area contributed by atoms with Gasteiger partial charge in [0, 0.05) is 60.4 Å². The predicted molar refractivity (Wildman–Crippen MR) is 217 cm³/mol. The highest BCUT2D eigenvalue weighted by Gasteiger charge is 2.56. The summed E-state index contributed by atoms with van der Waals surface area (Å²) in [6, 6.07) is -0.899. The van der Waals surface area contributed by atoms with Gasteiger partial charge in [-0.2, -0.15) is 0 Å². The molecule has 0 aliphatic carbocycles. The van der Waals surface area contributed by atoms with Gasteiger partial charge in [0.1, 0.15) is 36.7 Å². The molecule has 0 spiro atoms. The summed E-state index contributed by atoms with van der Waals surface area (Å²) in [5.74, 6) is -2.30. The highest BCUT2D eigenvalue weighted by Crippen LogP contribution is 2.63. The van der Waals surface area contributed by atoms with Gasteiger partial charge < -0.3 is 63.9 Å². The molecular weight excluding hydrogens is 825 g/mol. The number of hydrogen-bond donors (Lipinski definition) is 4. The van der Waals surface area contributed by atoms with Crippen LogP contribution in [-0.2, 0) is 67.3 Å². The molecule has 9 atom stereocenters. The summed E-state index contributed by atoms with van der Waals surface area (Å²) in [6.45, 7) is 13.9. The predicted octanol–water partition coefficient (Wildman–Crippen LogP) is 0.399. The number of fused-ring (bicyclic) bond motifs is 1. The third-order valence-corrected chi connectivity index (χ3v) is 13.1. The number of rotatable bonds is 24. The van der Waals surface area contributed by atoms with Gasteiger partial charge in [0.05, 0.1) is 65.3 Å². The molecule has 2 aromatic heterocycles. The highest BCUT2D eigenvalue weighted by atomic mass is 31.1. The molecule has 2 aliphatic rings. The second kappa shape index (κ2) is 23.7. The Morgan fingerprint density at radius 2 is 1.51 bits per heavy atom. The molecule has 23 heteroatoms. The number of anilines is 1. The Morgan fingerprint density at radius 3 is 2.07 bits per heavy atom. The molecule has 2 aliphatic heterocycles. The van der Waals surface area contributed by atoms with Gasteiger partial charge in [0.25, 0.3) is 0 Å². The number of imidazole rings is 1. The van der Waals surface area contributed by atoms with E-state index in [1.807, 2.05) is 4.57 Å². The topological polar surface area (TPSA) is 277 Å². The van der Waals surface area contributed by atoms with Crippen molar-refractivity contribution in [3.05, 3.63) is 12.7 Å². The average molecular weight is 888 g/mol. The first-order chi connectivity index (χ1) is 29.0. The monoisotopic (exact) mass is 887 g/mol. The van der Waals surface area contributed by atoms with E-state index in [1.54, 1.807) is 6.33 Å². The number of carbonyl (C=O) groups excluding carboxylic acids is 4. The third kappa shape index (κ3) is 13.4. The maximum atomic E-state index is 12.2. The van der Waals surface area contributed by atoms with Crippen molar-refractivity contribution in [1.29, 1.82) is 0 Å². The highest BCUT2D eigenvalue weighted by molar-refractivity contribution is 7.56. The van der Waals surface area contributed by atoms with Crippen LogP contribution in [0.25, 0.3) is 11.2 Å². The van der Waals surface area contributed by atoms with Gasteiger partial charge in [0.2, 0.25) is 5.91 Å². The first-order valence-corrected chi connectivity index (χ1v) is 21.7. The molecule has 2 fully saturated rings. The SMILES string of the molecule is CC(=O)N[C@H]1[C@H](OCCOCCOCCOCCP(N(C(C)C)C(C)C)[C@]2(n3cnc4c(N)ncnc43)C[C@H](O)[C@@H](CO)O2)O[C@H](COC(C)=O)[C@H](OC(C)=O)[C@@H]1OC(C)=O. The van der Waals surface area contributed by atoms with Crippen LogP contribution in [0.1, 0.15) is 61.8 Å². The summed E-state index contributed by atoms with van der Waals surface area (Å²) < 4.78 is 56.2. The van der Waals surface area contributed by atoms with E-state index in [9.17, 15) is 29.4 Å². The first-order valence-electron chi connectivity index (χ1n) is 20.2. The molecular formula is C38H62N7O15P. The largest absolute Gasteiger partial charge is 0.463 e. The molecule has 0 radical (unpaired) electrons. The smallest absolute Gasteiger partial charge is 0.303 e. The number of nitrogens with two attached hydrogens (primary N) is 1. The maximum absolute atomic E-state index is 12.2. The summed E-state index contributed by atoms with van der Waals surface area (Å²) >= 11 is 0. The van der Waals surface area contributed by atoms with E-state index >= 15 is 0 Å². The third-order valence-electron chi connectivity index (χ3n) is 9.68. The molecule has 1 amide bonds. The molecule has 0 bridgehead atoms. The fraction of sp³-hybridized carbons (Fsp3) is 0.763. The molecule has 344 valence electrons. The normalized spacial score (nSPS) is 25.9. The van der Waals surface area contributed by atoms with Gasteiger partial charge in [-0.3, -0.25) is 28.4 Å². The summed E-state index contributed by atoms with van der Waals surface area (Å²) in [7, 11) is -1.28. The first kappa shape index (κ1) is 50.0. The molecule has 61 heavy (non-hydrogen) atoms. The lowest BCUT2D eigenvalue weighted by molar-refractivity contribution is -0.279. The van der Waals surface area contributed by atoms with Gasteiger partial charge in [0.15, 0.2) is 35.4 Å². The van der Waals surface area contributed by atoms with Crippen molar-refractivity contribution in [2.45, 2.75) is 122 Å². The van der Waals surface area contributed by atoms with Crippen LogP contribution in [0.4, 0.5) is 5.82 Å². The van der Waals surface area contributed by atoms with Crippen LogP contribution in [-0.4, -0.2) is 179 Å². The Hall–Kier alpha value is -3.70. The van der Waals surface area contributed by atoms with Gasteiger partial charge >= 0.3 is 17.9 Å². The van der Waals surface area contributed by atoms with Crippen LogP contribution in [0.5, 0.6) is 0 Å². The van der Waals surface area contributed by atoms with E-state index in [-0.39, 0.29) is 70.6 Å². The van der Waals surface area contributed by atoms with Crippen LogP contribution in [0.2, 0.25) is 0 Å². The minimum atomic E-state index is -1.28. The fourth-order valence-corrected chi connectivity index (χ4v) is 10.9. The molecule has 2 saturated heterocycles. The van der Waals surface area contributed by atoms with E-state index in [0.717, 1.165) is 13.8 Å². The number of aliphatic hydroxyl groups excluding tert-OH is 2. The maximum Gasteiger partial charge on any atom is 0.303 e. The van der Waals surface area contributed by atoms with E-state index < -0.39 is 80.2 Å². The second-order valence-corrected chi connectivity index (χ2v) is 17.4. The van der Waals surface area contributed by atoms with E-state index in [1.165, 1.54) is 20.2 Å². The lowest BCUT2D eigenvalue weighted by atomic mass is 9.96. The summed E-state index contributed by atoms with van der Waals surface area (Å²) in [6.07, 6.45) is -2.79. The Balaban J connectivity index is 1.29. The molecule has 1 unspecified atom stereocenters. The Morgan fingerprint density at radius 1 is 0.902 bits per heavy atom. The van der Waals surface area contributed by atoms with Crippen molar-refractivity contribution in [3.63, 3.8) is 0 Å². The van der Waals surface area contributed by atoms with Gasteiger partial charge in [-0.1, -0.05) is 0 Å². The quantitative estimate of drug-likeness (QED) is 0.0480. The standard InChI is InChI=1S/C38H62N7O15P/c1-22(2)45(23(3)4)61(38(17-28(51)29(18-46)60-38)44-21-42-32-35(39)40-20-41-36(32)44)16-15-54-12-11-52-9-10-53-13-14-55-37-31(43-24(5)47)34(58-27(8)50)33(57-26(7)49)30(59-37)19-56-25(6)48/h20-23,28-31,33-34,37,46,51H,9-19H2,1-8H3,(H,43,47)(H2,39,40,41)/t28-,29+,30+,31+,33-,34+,37+,38-,61?/m0/s1. The Kier molecular flexibility index (Phi) is 19.4. The van der Waals surface area contributed by atoms with E-state index in [2.05, 4.69) is 52.6 Å². The number of carbonyl (C=O) groups is 4. The number of nitrogen functional groups attached to an aromatic ring is 1. The Bertz CT molecular complexity index is 1730. The van der Waals surface area contributed by atoms with Crippen molar-refractivity contribution in [2.24, 2.45) is 0 Å². The molecule has 4 rings (SSSR count). The van der Waals surface area contributed by atoms with Gasteiger partial charge in [-0.15, -0.1) is 0 Å². The lowest BCUT2D eigenvalue weighted by Crippen LogP contribution is -2.66. The van der Waals surface area contributed by atoms with Crippen LogP contribution in [0, 0.1) is 0 Å². The number of amides is 1. The second-order valence-electron chi connectivity index (χ2n) is 15.0. The average Bonchev–Trinajstić information content (AvgIpc) is 3.77.